The summed E-state index contributed by atoms with van der Waals surface area (Å²) in [5.41, 5.74) is 0.332. The number of nitrogens with one attached hydrogen (secondary N) is 2. The van der Waals surface area contributed by atoms with E-state index >= 15 is 0 Å². The Labute approximate surface area is 99.4 Å². The second kappa shape index (κ2) is 4.36. The van der Waals surface area contributed by atoms with Gasteiger partial charge < -0.3 is 10.6 Å². The summed E-state index contributed by atoms with van der Waals surface area (Å²) in [6.07, 6.45) is 1.27. The number of amides is 1. The molecule has 3 nitrogen and oxygen atoms in total. The van der Waals surface area contributed by atoms with E-state index in [0.717, 1.165) is 12.5 Å². The Morgan fingerprint density at radius 2 is 1.94 bits per heavy atom. The zero-order valence-corrected chi connectivity index (χ0v) is 11.5. The molecule has 2 unspecified atom stereocenters. The van der Waals surface area contributed by atoms with Crippen molar-refractivity contribution >= 4 is 5.91 Å². The lowest BCUT2D eigenvalue weighted by molar-refractivity contribution is -0.124. The Kier molecular flexibility index (Phi) is 3.68. The molecule has 0 saturated heterocycles. The minimum Gasteiger partial charge on any atom is -0.350 e. The molecule has 1 fully saturated rings. The summed E-state index contributed by atoms with van der Waals surface area (Å²) in [7, 11) is 0. The Balaban J connectivity index is 2.25. The quantitative estimate of drug-likeness (QED) is 0.769. The highest BCUT2D eigenvalue weighted by Gasteiger charge is 2.45. The average Bonchev–Trinajstić information content (AvgIpc) is 2.67. The van der Waals surface area contributed by atoms with Crippen LogP contribution >= 0.6 is 0 Å². The number of hydrogen-bond acceptors (Lipinski definition) is 2. The van der Waals surface area contributed by atoms with Crippen LogP contribution in [0.3, 0.4) is 0 Å². The van der Waals surface area contributed by atoms with Gasteiger partial charge in [0.15, 0.2) is 0 Å². The Morgan fingerprint density at radius 1 is 1.44 bits per heavy atom. The van der Waals surface area contributed by atoms with Gasteiger partial charge in [-0.1, -0.05) is 13.8 Å². The predicted molar refractivity (Wildman–Crippen MR) is 67.2 cm³/mol. The topological polar surface area (TPSA) is 41.1 Å². The lowest BCUT2D eigenvalue weighted by Crippen LogP contribution is -2.49. The molecule has 94 valence electrons. The van der Waals surface area contributed by atoms with Gasteiger partial charge >= 0.3 is 0 Å². The highest BCUT2D eigenvalue weighted by molar-refractivity contribution is 5.81. The first kappa shape index (κ1) is 13.5. The van der Waals surface area contributed by atoms with Gasteiger partial charge in [-0.15, -0.1) is 0 Å². The van der Waals surface area contributed by atoms with Crippen molar-refractivity contribution in [2.24, 2.45) is 11.3 Å². The molecule has 1 aliphatic carbocycles. The van der Waals surface area contributed by atoms with Crippen molar-refractivity contribution in [2.75, 3.05) is 6.54 Å². The third-order valence-corrected chi connectivity index (χ3v) is 3.28. The van der Waals surface area contributed by atoms with Crippen LogP contribution in [0, 0.1) is 11.3 Å². The van der Waals surface area contributed by atoms with Crippen molar-refractivity contribution in [3.63, 3.8) is 0 Å². The highest BCUT2D eigenvalue weighted by Crippen LogP contribution is 2.50. The van der Waals surface area contributed by atoms with Gasteiger partial charge in [-0.2, -0.15) is 0 Å². The monoisotopic (exact) mass is 226 g/mol. The summed E-state index contributed by atoms with van der Waals surface area (Å²) in [5.74, 6) is 0.823. The van der Waals surface area contributed by atoms with E-state index in [1.54, 1.807) is 0 Å². The first-order chi connectivity index (χ1) is 7.12. The Bertz CT molecular complexity index is 266. The number of rotatable bonds is 4. The molecular weight excluding hydrogens is 200 g/mol. The Hall–Kier alpha value is -0.570. The van der Waals surface area contributed by atoms with Crippen LogP contribution in [0.2, 0.25) is 0 Å². The molecule has 1 saturated carbocycles. The van der Waals surface area contributed by atoms with E-state index in [0.29, 0.717) is 5.41 Å². The maximum atomic E-state index is 11.8. The van der Waals surface area contributed by atoms with Gasteiger partial charge in [0.2, 0.25) is 5.91 Å². The molecule has 1 amide bonds. The molecule has 2 atom stereocenters. The molecular formula is C13H26N2O. The summed E-state index contributed by atoms with van der Waals surface area (Å²) in [6, 6.07) is -0.101. The number of carbonyl (C=O) groups excluding carboxylic acids is 1. The molecule has 0 aromatic heterocycles. The maximum absolute atomic E-state index is 11.8. The highest BCUT2D eigenvalue weighted by atomic mass is 16.2. The van der Waals surface area contributed by atoms with Crippen LogP contribution in [0.15, 0.2) is 0 Å². The fraction of sp³-hybridized carbons (Fsp3) is 0.923. The fourth-order valence-electron chi connectivity index (χ4n) is 1.81. The van der Waals surface area contributed by atoms with Gasteiger partial charge in [-0.25, -0.2) is 0 Å². The van der Waals surface area contributed by atoms with Gasteiger partial charge in [0.25, 0.3) is 0 Å². The average molecular weight is 226 g/mol. The van der Waals surface area contributed by atoms with Crippen molar-refractivity contribution in [2.45, 2.75) is 59.5 Å². The molecule has 0 heterocycles. The van der Waals surface area contributed by atoms with Crippen LogP contribution in [-0.4, -0.2) is 24.0 Å². The summed E-state index contributed by atoms with van der Waals surface area (Å²) in [6.45, 7) is 13.4. The fourth-order valence-corrected chi connectivity index (χ4v) is 1.81. The second-order valence-electron chi connectivity index (χ2n) is 6.76. The van der Waals surface area contributed by atoms with Gasteiger partial charge in [0.1, 0.15) is 0 Å². The van der Waals surface area contributed by atoms with E-state index < -0.39 is 0 Å². The molecule has 0 radical (unpaired) electrons. The van der Waals surface area contributed by atoms with Crippen LogP contribution in [0.25, 0.3) is 0 Å². The predicted octanol–water partition coefficient (Wildman–Crippen LogP) is 1.93. The molecule has 1 aliphatic rings. The number of carbonyl (C=O) groups is 1. The van der Waals surface area contributed by atoms with E-state index in [4.69, 9.17) is 0 Å². The standard InChI is InChI=1S/C13H26N2O/c1-9(11(16)15-12(2,3)4)14-8-10-7-13(10,5)6/h9-10,14H,7-8H2,1-6H3,(H,15,16). The largest absolute Gasteiger partial charge is 0.350 e. The Morgan fingerprint density at radius 3 is 2.31 bits per heavy atom. The van der Waals surface area contributed by atoms with Crippen molar-refractivity contribution in [3.8, 4) is 0 Å². The first-order valence-corrected chi connectivity index (χ1v) is 6.17. The third-order valence-electron chi connectivity index (χ3n) is 3.28. The molecule has 0 bridgehead atoms. The van der Waals surface area contributed by atoms with Crippen LogP contribution < -0.4 is 10.6 Å². The molecule has 1 rings (SSSR count). The van der Waals surface area contributed by atoms with Gasteiger partial charge in [0.05, 0.1) is 6.04 Å². The van der Waals surface area contributed by atoms with Gasteiger partial charge in [-0.3, -0.25) is 4.79 Å². The van der Waals surface area contributed by atoms with E-state index in [1.807, 2.05) is 27.7 Å². The molecule has 16 heavy (non-hydrogen) atoms. The molecule has 2 N–H and O–H groups in total. The zero-order valence-electron chi connectivity index (χ0n) is 11.5. The van der Waals surface area contributed by atoms with Crippen molar-refractivity contribution in [1.82, 2.24) is 10.6 Å². The number of hydrogen-bond donors (Lipinski definition) is 2. The summed E-state index contributed by atoms with van der Waals surface area (Å²) in [4.78, 5) is 11.8. The van der Waals surface area contributed by atoms with E-state index in [2.05, 4.69) is 24.5 Å². The van der Waals surface area contributed by atoms with E-state index in [-0.39, 0.29) is 17.5 Å². The molecule has 3 heteroatoms. The van der Waals surface area contributed by atoms with Crippen molar-refractivity contribution < 1.29 is 4.79 Å². The SMILES string of the molecule is CC(NCC1CC1(C)C)C(=O)NC(C)(C)C. The normalized spacial score (nSPS) is 25.0. The minimum absolute atomic E-state index is 0.0888. The lowest BCUT2D eigenvalue weighted by atomic mass is 10.1. The van der Waals surface area contributed by atoms with Crippen LogP contribution in [0.4, 0.5) is 0 Å². The first-order valence-electron chi connectivity index (χ1n) is 6.17. The third kappa shape index (κ3) is 4.12. The lowest BCUT2D eigenvalue weighted by Gasteiger charge is -2.23. The van der Waals surface area contributed by atoms with Gasteiger partial charge in [-0.05, 0) is 52.0 Å². The molecule has 0 aromatic rings. The zero-order chi connectivity index (χ0) is 12.6. The van der Waals surface area contributed by atoms with Crippen LogP contribution in [0.1, 0.15) is 48.0 Å². The second-order valence-corrected chi connectivity index (χ2v) is 6.76. The van der Waals surface area contributed by atoms with Crippen LogP contribution in [-0.2, 0) is 4.79 Å². The summed E-state index contributed by atoms with van der Waals surface area (Å²) in [5, 5.41) is 6.29. The van der Waals surface area contributed by atoms with Crippen LogP contribution in [0.5, 0.6) is 0 Å². The van der Waals surface area contributed by atoms with Gasteiger partial charge in [0, 0.05) is 5.54 Å². The summed E-state index contributed by atoms with van der Waals surface area (Å²) >= 11 is 0. The maximum Gasteiger partial charge on any atom is 0.237 e. The smallest absolute Gasteiger partial charge is 0.237 e. The van der Waals surface area contributed by atoms with Crippen molar-refractivity contribution in [1.29, 1.82) is 0 Å². The molecule has 0 spiro atoms. The summed E-state index contributed by atoms with van der Waals surface area (Å²) < 4.78 is 0. The molecule has 0 aliphatic heterocycles. The minimum atomic E-state index is -0.147. The van der Waals surface area contributed by atoms with Crippen molar-refractivity contribution in [3.05, 3.63) is 0 Å². The van der Waals surface area contributed by atoms with E-state index in [1.165, 1.54) is 6.42 Å². The van der Waals surface area contributed by atoms with E-state index in [9.17, 15) is 4.79 Å². The molecule has 0 aromatic carbocycles.